The fraction of sp³-hybridized carbons (Fsp3) is 0.133. The van der Waals surface area contributed by atoms with Gasteiger partial charge in [-0.25, -0.2) is 9.37 Å². The fourth-order valence-corrected chi connectivity index (χ4v) is 3.08. The fourth-order valence-electron chi connectivity index (χ4n) is 2.18. The lowest BCUT2D eigenvalue weighted by atomic mass is 10.1. The van der Waals surface area contributed by atoms with E-state index >= 15 is 0 Å². The van der Waals surface area contributed by atoms with Crippen LogP contribution in [0.5, 0.6) is 0 Å². The van der Waals surface area contributed by atoms with E-state index in [1.54, 1.807) is 17.5 Å². The summed E-state index contributed by atoms with van der Waals surface area (Å²) in [5.41, 5.74) is 0.824. The number of carboxylic acids is 1. The molecule has 0 aliphatic heterocycles. The molecule has 0 fully saturated rings. The number of carbonyl (C=O) groups is 1. The number of hydrogen-bond donors (Lipinski definition) is 0. The van der Waals surface area contributed by atoms with Gasteiger partial charge in [0.05, 0.1) is 23.7 Å². The highest BCUT2D eigenvalue weighted by Crippen LogP contribution is 2.30. The number of benzene rings is 1. The molecule has 7 heteroatoms. The van der Waals surface area contributed by atoms with E-state index in [1.807, 2.05) is 0 Å². The van der Waals surface area contributed by atoms with Crippen LogP contribution >= 0.6 is 11.3 Å². The minimum atomic E-state index is -1.36. The first-order chi connectivity index (χ1) is 10.5. The lowest BCUT2D eigenvalue weighted by molar-refractivity contribution is -0.309. The quantitative estimate of drug-likeness (QED) is 0.735. The molecule has 1 atom stereocenters. The van der Waals surface area contributed by atoms with Gasteiger partial charge in [-0.2, -0.15) is 0 Å². The smallest absolute Gasteiger partial charge is 0.263 e. The van der Waals surface area contributed by atoms with Crippen LogP contribution in [0.1, 0.15) is 13.0 Å². The molecule has 112 valence electrons. The number of nitrogens with zero attached hydrogens (tertiary/aromatic N) is 2. The Labute approximate surface area is 128 Å². The van der Waals surface area contributed by atoms with Crippen LogP contribution in [0.2, 0.25) is 0 Å². The molecule has 0 saturated carbocycles. The molecule has 3 rings (SSSR count). The summed E-state index contributed by atoms with van der Waals surface area (Å²) in [4.78, 5) is 28.2. The number of hydrogen-bond acceptors (Lipinski definition) is 5. The lowest BCUT2D eigenvalue weighted by Crippen LogP contribution is -2.36. The zero-order chi connectivity index (χ0) is 15.9. The Bertz CT molecular complexity index is 915. The first kappa shape index (κ1) is 14.4. The molecule has 5 nitrogen and oxygen atoms in total. The second-order valence-electron chi connectivity index (χ2n) is 4.79. The summed E-state index contributed by atoms with van der Waals surface area (Å²) >= 11 is 1.27. The van der Waals surface area contributed by atoms with E-state index in [-0.39, 0.29) is 5.82 Å². The predicted octanol–water partition coefficient (Wildman–Crippen LogP) is 1.57. The van der Waals surface area contributed by atoms with Crippen LogP contribution in [0.15, 0.2) is 40.8 Å². The molecule has 2 heterocycles. The molecule has 22 heavy (non-hydrogen) atoms. The Morgan fingerprint density at radius 1 is 1.36 bits per heavy atom. The van der Waals surface area contributed by atoms with Crippen molar-refractivity contribution in [2.24, 2.45) is 0 Å². The van der Waals surface area contributed by atoms with E-state index in [0.29, 0.717) is 21.3 Å². The summed E-state index contributed by atoms with van der Waals surface area (Å²) in [5, 5.41) is 13.1. The molecule has 0 radical (unpaired) electrons. The minimum absolute atomic E-state index is 0.326. The Hall–Kier alpha value is -2.54. The van der Waals surface area contributed by atoms with Gasteiger partial charge in [-0.1, -0.05) is 12.1 Å². The topological polar surface area (TPSA) is 75.0 Å². The van der Waals surface area contributed by atoms with E-state index in [2.05, 4.69) is 4.98 Å². The van der Waals surface area contributed by atoms with Crippen LogP contribution in [0.4, 0.5) is 4.39 Å². The van der Waals surface area contributed by atoms with Crippen molar-refractivity contribution in [2.75, 3.05) is 0 Å². The monoisotopic (exact) mass is 317 g/mol. The zero-order valence-electron chi connectivity index (χ0n) is 11.4. The van der Waals surface area contributed by atoms with Gasteiger partial charge in [-0.3, -0.25) is 9.36 Å². The van der Waals surface area contributed by atoms with Gasteiger partial charge in [0.2, 0.25) is 0 Å². The van der Waals surface area contributed by atoms with Crippen molar-refractivity contribution in [2.45, 2.75) is 13.0 Å². The van der Waals surface area contributed by atoms with Crippen LogP contribution in [0.3, 0.4) is 0 Å². The van der Waals surface area contributed by atoms with E-state index < -0.39 is 17.6 Å². The molecule has 2 aromatic heterocycles. The van der Waals surface area contributed by atoms with Crippen LogP contribution in [0, 0.1) is 5.82 Å². The molecular formula is C15H10FN2O3S-. The maximum Gasteiger partial charge on any atom is 0.263 e. The highest BCUT2D eigenvalue weighted by Gasteiger charge is 2.16. The van der Waals surface area contributed by atoms with E-state index in [1.165, 1.54) is 36.7 Å². The number of fused-ring (bicyclic) bond motifs is 1. The van der Waals surface area contributed by atoms with Crippen LogP contribution in [-0.2, 0) is 4.79 Å². The maximum atomic E-state index is 13.0. The molecule has 0 spiro atoms. The van der Waals surface area contributed by atoms with Crippen molar-refractivity contribution in [1.82, 2.24) is 9.55 Å². The molecular weight excluding hydrogens is 307 g/mol. The standard InChI is InChI=1S/C15H11FN2O3S/c1-8(15(20)21)18-7-17-13-12(14(18)19)11(6-22-13)9-2-4-10(16)5-3-9/h2-8H,1H3,(H,20,21)/p-1/t8-/m0/s1. The normalized spacial score (nSPS) is 12.5. The molecule has 0 amide bonds. The highest BCUT2D eigenvalue weighted by atomic mass is 32.1. The third kappa shape index (κ3) is 2.29. The molecule has 0 bridgehead atoms. The van der Waals surface area contributed by atoms with Crippen molar-refractivity contribution >= 4 is 27.5 Å². The van der Waals surface area contributed by atoms with Gasteiger partial charge in [-0.05, 0) is 24.6 Å². The van der Waals surface area contributed by atoms with Gasteiger partial charge < -0.3 is 9.90 Å². The van der Waals surface area contributed by atoms with Gasteiger partial charge in [0, 0.05) is 10.9 Å². The molecule has 0 unspecified atom stereocenters. The summed E-state index contributed by atoms with van der Waals surface area (Å²) in [6.45, 7) is 1.36. The third-order valence-corrected chi connectivity index (χ3v) is 4.32. The van der Waals surface area contributed by atoms with Gasteiger partial charge in [0.25, 0.3) is 5.56 Å². The highest BCUT2D eigenvalue weighted by molar-refractivity contribution is 7.17. The first-order valence-corrected chi connectivity index (χ1v) is 7.32. The van der Waals surface area contributed by atoms with Crippen molar-refractivity contribution in [3.8, 4) is 11.1 Å². The SMILES string of the molecule is C[C@@H](C(=O)[O-])n1cnc2scc(-c3ccc(F)cc3)c2c1=O. The first-order valence-electron chi connectivity index (χ1n) is 6.44. The number of thiophene rings is 1. The number of carboxylic acid groups (broad SMARTS) is 1. The largest absolute Gasteiger partial charge is 0.548 e. The Morgan fingerprint density at radius 2 is 2.05 bits per heavy atom. The van der Waals surface area contributed by atoms with Crippen LogP contribution in [0.25, 0.3) is 21.3 Å². The summed E-state index contributed by atoms with van der Waals surface area (Å²) in [6, 6.07) is 4.62. The average molecular weight is 317 g/mol. The Morgan fingerprint density at radius 3 is 2.68 bits per heavy atom. The molecule has 0 aliphatic carbocycles. The number of rotatable bonds is 3. The van der Waals surface area contributed by atoms with Crippen LogP contribution < -0.4 is 10.7 Å². The number of aromatic nitrogens is 2. The van der Waals surface area contributed by atoms with Crippen LogP contribution in [-0.4, -0.2) is 15.5 Å². The summed E-state index contributed by atoms with van der Waals surface area (Å²) < 4.78 is 14.1. The van der Waals surface area contributed by atoms with Gasteiger partial charge in [-0.15, -0.1) is 11.3 Å². The van der Waals surface area contributed by atoms with Crippen molar-refractivity contribution in [1.29, 1.82) is 0 Å². The molecule has 0 saturated heterocycles. The number of carbonyl (C=O) groups excluding carboxylic acids is 1. The average Bonchev–Trinajstić information content (AvgIpc) is 2.92. The van der Waals surface area contributed by atoms with E-state index in [0.717, 1.165) is 4.57 Å². The van der Waals surface area contributed by atoms with Crippen molar-refractivity contribution in [3.05, 3.63) is 52.1 Å². The lowest BCUT2D eigenvalue weighted by Gasteiger charge is -2.15. The van der Waals surface area contributed by atoms with Crippen molar-refractivity contribution in [3.63, 3.8) is 0 Å². The minimum Gasteiger partial charge on any atom is -0.548 e. The Balaban J connectivity index is 2.25. The summed E-state index contributed by atoms with van der Waals surface area (Å²) in [5.74, 6) is -1.73. The maximum absolute atomic E-state index is 13.0. The molecule has 0 N–H and O–H groups in total. The number of halogens is 1. The van der Waals surface area contributed by atoms with Crippen molar-refractivity contribution < 1.29 is 14.3 Å². The molecule has 0 aliphatic rings. The molecule has 1 aromatic carbocycles. The van der Waals surface area contributed by atoms with Gasteiger partial charge in [0.15, 0.2) is 0 Å². The second kappa shape index (κ2) is 5.34. The summed E-state index contributed by atoms with van der Waals surface area (Å²) in [6.07, 6.45) is 1.20. The predicted molar refractivity (Wildman–Crippen MR) is 79.0 cm³/mol. The van der Waals surface area contributed by atoms with Gasteiger partial charge >= 0.3 is 0 Å². The number of aliphatic carboxylic acids is 1. The van der Waals surface area contributed by atoms with Gasteiger partial charge in [0.1, 0.15) is 10.6 Å². The molecule has 3 aromatic rings. The summed E-state index contributed by atoms with van der Waals surface area (Å²) in [7, 11) is 0. The van der Waals surface area contributed by atoms with E-state index in [9.17, 15) is 19.1 Å². The Kier molecular flexibility index (Phi) is 3.50. The second-order valence-corrected chi connectivity index (χ2v) is 5.65. The van der Waals surface area contributed by atoms with E-state index in [4.69, 9.17) is 0 Å². The third-order valence-electron chi connectivity index (χ3n) is 3.43. The zero-order valence-corrected chi connectivity index (χ0v) is 12.3.